The number of allylic oxidation sites excluding steroid dienone is 1. The van der Waals surface area contributed by atoms with Gasteiger partial charge in [-0.3, -0.25) is 4.90 Å². The summed E-state index contributed by atoms with van der Waals surface area (Å²) in [7, 11) is 0. The van der Waals surface area contributed by atoms with Crippen LogP contribution in [0.2, 0.25) is 0 Å². The predicted molar refractivity (Wildman–Crippen MR) is 71.7 cm³/mol. The van der Waals surface area contributed by atoms with Crippen molar-refractivity contribution in [3.8, 4) is 0 Å². The Kier molecular flexibility index (Phi) is 7.69. The molecule has 0 saturated heterocycles. The van der Waals surface area contributed by atoms with Crippen LogP contribution >= 0.6 is 0 Å². The molecule has 0 aliphatic carbocycles. The Morgan fingerprint density at radius 1 is 1.19 bits per heavy atom. The topological polar surface area (TPSA) is 23.5 Å². The van der Waals surface area contributed by atoms with Crippen LogP contribution in [0.15, 0.2) is 12.7 Å². The second-order valence-corrected chi connectivity index (χ2v) is 4.36. The maximum Gasteiger partial charge on any atom is 0.0726 e. The summed E-state index contributed by atoms with van der Waals surface area (Å²) in [6.07, 6.45) is 5.36. The van der Waals surface area contributed by atoms with Crippen molar-refractivity contribution in [2.24, 2.45) is 0 Å². The molecule has 0 spiro atoms. The monoisotopic (exact) mass is 227 g/mol. The Morgan fingerprint density at radius 3 is 2.00 bits per heavy atom. The highest BCUT2D eigenvalue weighted by Gasteiger charge is 2.38. The van der Waals surface area contributed by atoms with E-state index in [1.165, 1.54) is 0 Å². The molecule has 0 fully saturated rings. The van der Waals surface area contributed by atoms with Crippen molar-refractivity contribution >= 4 is 0 Å². The molecule has 0 heterocycles. The first-order valence-corrected chi connectivity index (χ1v) is 6.66. The lowest BCUT2D eigenvalue weighted by Crippen LogP contribution is -2.56. The summed E-state index contributed by atoms with van der Waals surface area (Å²) in [5, 5.41) is 10.4. The Morgan fingerprint density at radius 2 is 1.69 bits per heavy atom. The molecule has 0 aliphatic rings. The third-order valence-corrected chi connectivity index (χ3v) is 3.88. The minimum atomic E-state index is -0.250. The largest absolute Gasteiger partial charge is 0.391 e. The van der Waals surface area contributed by atoms with E-state index in [2.05, 4.69) is 39.2 Å². The predicted octanol–water partition coefficient (Wildman–Crippen LogP) is 3.21. The minimum Gasteiger partial charge on any atom is -0.391 e. The first kappa shape index (κ1) is 15.7. The maximum atomic E-state index is 10.4. The number of nitrogens with zero attached hydrogens (tertiary/aromatic N) is 1. The minimum absolute atomic E-state index is 0.0491. The second-order valence-electron chi connectivity index (χ2n) is 4.36. The quantitative estimate of drug-likeness (QED) is 0.611. The van der Waals surface area contributed by atoms with Crippen LogP contribution in [-0.4, -0.2) is 34.7 Å². The zero-order chi connectivity index (χ0) is 12.6. The van der Waals surface area contributed by atoms with Gasteiger partial charge in [-0.05, 0) is 38.8 Å². The van der Waals surface area contributed by atoms with Gasteiger partial charge in [0.15, 0.2) is 0 Å². The fraction of sp³-hybridized carbons (Fsp3) is 0.857. The summed E-state index contributed by atoms with van der Waals surface area (Å²) >= 11 is 0. The van der Waals surface area contributed by atoms with Gasteiger partial charge in [0.05, 0.1) is 6.10 Å². The second kappa shape index (κ2) is 7.86. The number of likely N-dealkylation sites (N-methyl/N-ethyl adjacent to an activating group) is 1. The number of aliphatic hydroxyl groups is 1. The highest BCUT2D eigenvalue weighted by molar-refractivity contribution is 4.95. The van der Waals surface area contributed by atoms with E-state index in [4.69, 9.17) is 0 Å². The SMILES string of the molecule is C=CCCC(O)C(CC)(CC)N(CC)CC. The molecule has 0 rings (SSSR count). The molecule has 0 radical (unpaired) electrons. The average Bonchev–Trinajstić information content (AvgIpc) is 2.33. The van der Waals surface area contributed by atoms with Crippen LogP contribution in [0.3, 0.4) is 0 Å². The number of aliphatic hydroxyl groups excluding tert-OH is 1. The van der Waals surface area contributed by atoms with Crippen molar-refractivity contribution in [3.05, 3.63) is 12.7 Å². The molecular weight excluding hydrogens is 198 g/mol. The van der Waals surface area contributed by atoms with E-state index >= 15 is 0 Å². The van der Waals surface area contributed by atoms with Crippen molar-refractivity contribution in [1.29, 1.82) is 0 Å². The van der Waals surface area contributed by atoms with Gasteiger partial charge < -0.3 is 5.11 Å². The molecule has 2 heteroatoms. The standard InChI is InChI=1S/C14H29NO/c1-6-11-12-13(16)14(7-2,8-3)15(9-4)10-5/h6,13,16H,1,7-12H2,2-5H3. The van der Waals surface area contributed by atoms with E-state index in [0.717, 1.165) is 38.8 Å². The smallest absolute Gasteiger partial charge is 0.0726 e. The molecule has 0 aromatic heterocycles. The summed E-state index contributed by atoms with van der Waals surface area (Å²) in [5.74, 6) is 0. The Labute approximate surface area is 101 Å². The van der Waals surface area contributed by atoms with Gasteiger partial charge in [-0.2, -0.15) is 0 Å². The summed E-state index contributed by atoms with van der Waals surface area (Å²) in [6.45, 7) is 14.4. The fourth-order valence-electron chi connectivity index (χ4n) is 2.78. The molecule has 16 heavy (non-hydrogen) atoms. The molecule has 0 aromatic carbocycles. The molecule has 0 amide bonds. The highest BCUT2D eigenvalue weighted by atomic mass is 16.3. The van der Waals surface area contributed by atoms with E-state index in [9.17, 15) is 5.11 Å². The summed E-state index contributed by atoms with van der Waals surface area (Å²) in [6, 6.07) is 0. The number of rotatable bonds is 9. The summed E-state index contributed by atoms with van der Waals surface area (Å²) in [4.78, 5) is 2.40. The zero-order valence-corrected chi connectivity index (χ0v) is 11.5. The zero-order valence-electron chi connectivity index (χ0n) is 11.5. The lowest BCUT2D eigenvalue weighted by Gasteiger charge is -2.45. The van der Waals surface area contributed by atoms with Gasteiger partial charge in [0, 0.05) is 5.54 Å². The molecule has 0 aliphatic heterocycles. The first-order chi connectivity index (χ1) is 7.62. The van der Waals surface area contributed by atoms with Crippen LogP contribution in [0.1, 0.15) is 53.4 Å². The van der Waals surface area contributed by atoms with Crippen molar-refractivity contribution in [3.63, 3.8) is 0 Å². The Balaban J connectivity index is 4.82. The van der Waals surface area contributed by atoms with E-state index in [1.807, 2.05) is 6.08 Å². The summed E-state index contributed by atoms with van der Waals surface area (Å²) in [5.41, 5.74) is -0.0491. The van der Waals surface area contributed by atoms with Gasteiger partial charge in [0.2, 0.25) is 0 Å². The third-order valence-electron chi connectivity index (χ3n) is 3.88. The van der Waals surface area contributed by atoms with Gasteiger partial charge in [-0.25, -0.2) is 0 Å². The third kappa shape index (κ3) is 3.33. The Hall–Kier alpha value is -0.340. The van der Waals surface area contributed by atoms with Crippen LogP contribution in [0.5, 0.6) is 0 Å². The number of hydrogen-bond acceptors (Lipinski definition) is 2. The van der Waals surface area contributed by atoms with Crippen molar-refractivity contribution < 1.29 is 5.11 Å². The fourth-order valence-corrected chi connectivity index (χ4v) is 2.78. The van der Waals surface area contributed by atoms with Gasteiger partial charge in [-0.15, -0.1) is 6.58 Å². The lowest BCUT2D eigenvalue weighted by molar-refractivity contribution is -0.0379. The van der Waals surface area contributed by atoms with Crippen LogP contribution in [0.25, 0.3) is 0 Å². The molecular formula is C14H29NO. The normalized spacial score (nSPS) is 14.1. The van der Waals surface area contributed by atoms with Crippen molar-refractivity contribution in [2.45, 2.75) is 65.0 Å². The van der Waals surface area contributed by atoms with Crippen molar-refractivity contribution in [1.82, 2.24) is 4.90 Å². The Bertz CT molecular complexity index is 183. The summed E-state index contributed by atoms with van der Waals surface area (Å²) < 4.78 is 0. The van der Waals surface area contributed by atoms with Gasteiger partial charge >= 0.3 is 0 Å². The lowest BCUT2D eigenvalue weighted by atomic mass is 9.82. The van der Waals surface area contributed by atoms with E-state index < -0.39 is 0 Å². The average molecular weight is 227 g/mol. The van der Waals surface area contributed by atoms with E-state index in [0.29, 0.717) is 0 Å². The molecule has 0 saturated carbocycles. The van der Waals surface area contributed by atoms with Gasteiger partial charge in [0.25, 0.3) is 0 Å². The molecule has 1 atom stereocenters. The van der Waals surface area contributed by atoms with Gasteiger partial charge in [0.1, 0.15) is 0 Å². The van der Waals surface area contributed by atoms with Crippen LogP contribution in [0.4, 0.5) is 0 Å². The molecule has 1 unspecified atom stereocenters. The van der Waals surface area contributed by atoms with E-state index in [1.54, 1.807) is 0 Å². The highest BCUT2D eigenvalue weighted by Crippen LogP contribution is 2.30. The first-order valence-electron chi connectivity index (χ1n) is 6.66. The van der Waals surface area contributed by atoms with Crippen LogP contribution in [0, 0.1) is 0 Å². The molecule has 96 valence electrons. The van der Waals surface area contributed by atoms with E-state index in [-0.39, 0.29) is 11.6 Å². The van der Waals surface area contributed by atoms with Crippen molar-refractivity contribution in [2.75, 3.05) is 13.1 Å². The van der Waals surface area contributed by atoms with Crippen LogP contribution < -0.4 is 0 Å². The van der Waals surface area contributed by atoms with Gasteiger partial charge in [-0.1, -0.05) is 33.8 Å². The molecule has 1 N–H and O–H groups in total. The van der Waals surface area contributed by atoms with Crippen LogP contribution in [-0.2, 0) is 0 Å². The molecule has 2 nitrogen and oxygen atoms in total. The molecule has 0 aromatic rings. The number of hydrogen-bond donors (Lipinski definition) is 1. The maximum absolute atomic E-state index is 10.4. The molecule has 0 bridgehead atoms.